The molecule has 0 heterocycles. The van der Waals surface area contributed by atoms with Crippen molar-refractivity contribution in [2.45, 2.75) is 38.7 Å². The molecule has 2 N–H and O–H groups in total. The Balaban J connectivity index is 1.91. The van der Waals surface area contributed by atoms with E-state index in [1.54, 1.807) is 24.3 Å². The summed E-state index contributed by atoms with van der Waals surface area (Å²) in [6.07, 6.45) is 4.37. The largest absolute Gasteiger partial charge is 0.459 e. The highest BCUT2D eigenvalue weighted by Gasteiger charge is 2.21. The maximum absolute atomic E-state index is 11.8. The van der Waals surface area contributed by atoms with E-state index in [0.717, 1.165) is 31.6 Å². The number of nitrogen functional groups attached to an aromatic ring is 1. The first-order valence-electron chi connectivity index (χ1n) is 6.21. The van der Waals surface area contributed by atoms with Gasteiger partial charge in [-0.2, -0.15) is 0 Å². The molecule has 1 fully saturated rings. The zero-order valence-corrected chi connectivity index (χ0v) is 10.2. The predicted octanol–water partition coefficient (Wildman–Crippen LogP) is 3.00. The predicted molar refractivity (Wildman–Crippen MR) is 67.7 cm³/mol. The van der Waals surface area contributed by atoms with Crippen LogP contribution in [0.2, 0.25) is 0 Å². The van der Waals surface area contributed by atoms with Crippen LogP contribution in [0.1, 0.15) is 43.0 Å². The normalized spacial score (nSPS) is 24.3. The molecule has 0 aromatic heterocycles. The van der Waals surface area contributed by atoms with Gasteiger partial charge in [0.25, 0.3) is 0 Å². The Hall–Kier alpha value is -1.51. The van der Waals surface area contributed by atoms with Crippen molar-refractivity contribution < 1.29 is 9.53 Å². The van der Waals surface area contributed by atoms with Crippen LogP contribution < -0.4 is 5.73 Å². The zero-order chi connectivity index (χ0) is 12.3. The molecular formula is C14H19NO2. The molecule has 92 valence electrons. The van der Waals surface area contributed by atoms with Gasteiger partial charge in [0, 0.05) is 5.69 Å². The van der Waals surface area contributed by atoms with Crippen LogP contribution >= 0.6 is 0 Å². The van der Waals surface area contributed by atoms with E-state index < -0.39 is 0 Å². The average Bonchev–Trinajstić information content (AvgIpc) is 2.33. The summed E-state index contributed by atoms with van der Waals surface area (Å²) in [6.45, 7) is 2.25. The Kier molecular flexibility index (Phi) is 3.67. The van der Waals surface area contributed by atoms with Crippen LogP contribution in [-0.2, 0) is 4.74 Å². The van der Waals surface area contributed by atoms with Crippen molar-refractivity contribution in [1.29, 1.82) is 0 Å². The van der Waals surface area contributed by atoms with Gasteiger partial charge in [-0.15, -0.1) is 0 Å². The summed E-state index contributed by atoms with van der Waals surface area (Å²) in [5.74, 6) is 0.533. The number of rotatable bonds is 2. The second-order valence-corrected chi connectivity index (χ2v) is 4.91. The number of ether oxygens (including phenoxy) is 1. The Labute approximate surface area is 102 Å². The van der Waals surface area contributed by atoms with Crippen LogP contribution in [-0.4, -0.2) is 12.1 Å². The summed E-state index contributed by atoms with van der Waals surface area (Å²) in [4.78, 5) is 11.8. The molecule has 0 atom stereocenters. The van der Waals surface area contributed by atoms with Crippen LogP contribution in [0.4, 0.5) is 5.69 Å². The van der Waals surface area contributed by atoms with Crippen molar-refractivity contribution in [2.24, 2.45) is 5.92 Å². The monoisotopic (exact) mass is 233 g/mol. The Bertz CT molecular complexity index is 378. The third kappa shape index (κ3) is 3.22. The molecule has 1 saturated carbocycles. The van der Waals surface area contributed by atoms with Crippen molar-refractivity contribution in [3.05, 3.63) is 29.8 Å². The smallest absolute Gasteiger partial charge is 0.338 e. The van der Waals surface area contributed by atoms with Crippen molar-refractivity contribution >= 4 is 11.7 Å². The summed E-state index contributed by atoms with van der Waals surface area (Å²) < 4.78 is 5.49. The maximum atomic E-state index is 11.8. The molecule has 0 saturated heterocycles. The SMILES string of the molecule is CC1CCC(OC(=O)c2ccc(N)cc2)CC1. The van der Waals surface area contributed by atoms with Crippen molar-refractivity contribution in [3.63, 3.8) is 0 Å². The summed E-state index contributed by atoms with van der Waals surface area (Å²) in [5.41, 5.74) is 6.82. The first-order valence-corrected chi connectivity index (χ1v) is 6.21. The number of anilines is 1. The molecule has 0 aliphatic heterocycles. The number of hydrogen-bond acceptors (Lipinski definition) is 3. The van der Waals surface area contributed by atoms with Crippen molar-refractivity contribution in [3.8, 4) is 0 Å². The van der Waals surface area contributed by atoms with Crippen molar-refractivity contribution in [2.75, 3.05) is 5.73 Å². The lowest BCUT2D eigenvalue weighted by Gasteiger charge is -2.25. The molecule has 1 aliphatic rings. The number of hydrogen-bond donors (Lipinski definition) is 1. The van der Waals surface area contributed by atoms with Gasteiger partial charge in [0.1, 0.15) is 6.10 Å². The van der Waals surface area contributed by atoms with E-state index in [2.05, 4.69) is 6.92 Å². The van der Waals surface area contributed by atoms with E-state index in [9.17, 15) is 4.79 Å². The molecule has 0 unspecified atom stereocenters. The van der Waals surface area contributed by atoms with Gasteiger partial charge in [-0.05, 0) is 55.9 Å². The molecule has 1 aromatic carbocycles. The Morgan fingerprint density at radius 1 is 1.18 bits per heavy atom. The molecular weight excluding hydrogens is 214 g/mol. The van der Waals surface area contributed by atoms with Gasteiger partial charge >= 0.3 is 5.97 Å². The van der Waals surface area contributed by atoms with Crippen LogP contribution in [0, 0.1) is 5.92 Å². The quantitative estimate of drug-likeness (QED) is 0.631. The van der Waals surface area contributed by atoms with Gasteiger partial charge in [0.15, 0.2) is 0 Å². The fraction of sp³-hybridized carbons (Fsp3) is 0.500. The molecule has 0 amide bonds. The third-order valence-electron chi connectivity index (χ3n) is 3.38. The molecule has 0 bridgehead atoms. The lowest BCUT2D eigenvalue weighted by atomic mass is 9.89. The first kappa shape index (κ1) is 12.0. The molecule has 1 aromatic rings. The lowest BCUT2D eigenvalue weighted by molar-refractivity contribution is 0.0174. The summed E-state index contributed by atoms with van der Waals surface area (Å²) in [7, 11) is 0. The van der Waals surface area contributed by atoms with Gasteiger partial charge in [-0.3, -0.25) is 0 Å². The molecule has 0 radical (unpaired) electrons. The second-order valence-electron chi connectivity index (χ2n) is 4.91. The second kappa shape index (κ2) is 5.21. The highest BCUT2D eigenvalue weighted by atomic mass is 16.5. The number of benzene rings is 1. The highest BCUT2D eigenvalue weighted by Crippen LogP contribution is 2.26. The summed E-state index contributed by atoms with van der Waals surface area (Å²) in [6, 6.07) is 6.87. The molecule has 2 rings (SSSR count). The van der Waals surface area contributed by atoms with Crippen LogP contribution in [0.3, 0.4) is 0 Å². The van der Waals surface area contributed by atoms with E-state index >= 15 is 0 Å². The molecule has 3 nitrogen and oxygen atoms in total. The van der Waals surface area contributed by atoms with Gasteiger partial charge < -0.3 is 10.5 Å². The minimum absolute atomic E-state index is 0.0938. The van der Waals surface area contributed by atoms with Crippen LogP contribution in [0.5, 0.6) is 0 Å². The standard InChI is InChI=1S/C14H19NO2/c1-10-2-8-13(9-3-10)17-14(16)11-4-6-12(15)7-5-11/h4-7,10,13H,2-3,8-9,15H2,1H3. The fourth-order valence-electron chi connectivity index (χ4n) is 2.19. The molecule has 3 heteroatoms. The number of carbonyl (C=O) groups is 1. The highest BCUT2D eigenvalue weighted by molar-refractivity contribution is 5.89. The first-order chi connectivity index (χ1) is 8.15. The zero-order valence-electron chi connectivity index (χ0n) is 10.2. The fourth-order valence-corrected chi connectivity index (χ4v) is 2.19. The minimum atomic E-state index is -0.232. The van der Waals surface area contributed by atoms with Crippen molar-refractivity contribution in [1.82, 2.24) is 0 Å². The van der Waals surface area contributed by atoms with E-state index in [4.69, 9.17) is 10.5 Å². The molecule has 17 heavy (non-hydrogen) atoms. The third-order valence-corrected chi connectivity index (χ3v) is 3.38. The Morgan fingerprint density at radius 3 is 2.35 bits per heavy atom. The van der Waals surface area contributed by atoms with E-state index in [1.165, 1.54) is 0 Å². The van der Waals surface area contributed by atoms with E-state index in [-0.39, 0.29) is 12.1 Å². The van der Waals surface area contributed by atoms with Crippen LogP contribution in [0.25, 0.3) is 0 Å². The topological polar surface area (TPSA) is 52.3 Å². The Morgan fingerprint density at radius 2 is 1.76 bits per heavy atom. The lowest BCUT2D eigenvalue weighted by Crippen LogP contribution is -2.23. The van der Waals surface area contributed by atoms with E-state index in [0.29, 0.717) is 11.3 Å². The number of nitrogens with two attached hydrogens (primary N) is 1. The average molecular weight is 233 g/mol. The number of esters is 1. The molecule has 1 aliphatic carbocycles. The minimum Gasteiger partial charge on any atom is -0.459 e. The maximum Gasteiger partial charge on any atom is 0.338 e. The van der Waals surface area contributed by atoms with Gasteiger partial charge in [-0.25, -0.2) is 4.79 Å². The summed E-state index contributed by atoms with van der Waals surface area (Å²) in [5, 5.41) is 0. The molecule has 0 spiro atoms. The number of carbonyl (C=O) groups excluding carboxylic acids is 1. The van der Waals surface area contributed by atoms with E-state index in [1.807, 2.05) is 0 Å². The van der Waals surface area contributed by atoms with Gasteiger partial charge in [0.05, 0.1) is 5.56 Å². The van der Waals surface area contributed by atoms with Crippen LogP contribution in [0.15, 0.2) is 24.3 Å². The van der Waals surface area contributed by atoms with Gasteiger partial charge in [0.2, 0.25) is 0 Å². The van der Waals surface area contributed by atoms with Gasteiger partial charge in [-0.1, -0.05) is 6.92 Å². The summed E-state index contributed by atoms with van der Waals surface area (Å²) >= 11 is 0.